The van der Waals surface area contributed by atoms with Crippen LogP contribution in [0.3, 0.4) is 0 Å². The van der Waals surface area contributed by atoms with Gasteiger partial charge in [0.15, 0.2) is 15.0 Å². The summed E-state index contributed by atoms with van der Waals surface area (Å²) in [5.41, 5.74) is 0.697. The molecule has 2 aliphatic rings. The van der Waals surface area contributed by atoms with Crippen molar-refractivity contribution >= 4 is 44.3 Å². The van der Waals surface area contributed by atoms with Crippen molar-refractivity contribution in [2.45, 2.75) is 24.1 Å². The number of aliphatic imine (C=N–C) groups is 1. The molecule has 162 valence electrons. The molecule has 0 unspecified atom stereocenters. The maximum absolute atomic E-state index is 12.2. The Bertz CT molecular complexity index is 1120. The molecule has 2 fully saturated rings. The Morgan fingerprint density at radius 3 is 2.39 bits per heavy atom. The Hall–Kier alpha value is -2.85. The normalized spacial score (nSPS) is 23.0. The van der Waals surface area contributed by atoms with Gasteiger partial charge in [-0.05, 0) is 36.4 Å². The van der Waals surface area contributed by atoms with Crippen LogP contribution in [0.15, 0.2) is 59.6 Å². The summed E-state index contributed by atoms with van der Waals surface area (Å²) in [5.74, 6) is -0.289. The number of amides is 1. The molecule has 2 aliphatic heterocycles. The zero-order valence-corrected chi connectivity index (χ0v) is 18.0. The number of anilines is 1. The number of amidine groups is 1. The Kier molecular flexibility index (Phi) is 6.01. The molecule has 2 saturated heterocycles. The predicted molar refractivity (Wildman–Crippen MR) is 119 cm³/mol. The first-order valence-electron chi connectivity index (χ1n) is 9.63. The molecule has 1 N–H and O–H groups in total. The van der Waals surface area contributed by atoms with Gasteiger partial charge in [-0.15, -0.1) is 0 Å². The van der Waals surface area contributed by atoms with Crippen LogP contribution < -0.4 is 9.64 Å². The van der Waals surface area contributed by atoms with Crippen LogP contribution >= 0.6 is 11.8 Å². The van der Waals surface area contributed by atoms with Gasteiger partial charge in [-0.25, -0.2) is 8.42 Å². The molecular formula is C21H20N2O6S2. The largest absolute Gasteiger partial charge is 0.481 e. The molecule has 10 heteroatoms. The lowest BCUT2D eigenvalue weighted by molar-refractivity contribution is -0.138. The van der Waals surface area contributed by atoms with Gasteiger partial charge in [0.05, 0.1) is 24.0 Å². The average Bonchev–Trinajstić information content (AvgIpc) is 3.18. The Balaban J connectivity index is 1.58. The van der Waals surface area contributed by atoms with Crippen molar-refractivity contribution < 1.29 is 27.9 Å². The maximum atomic E-state index is 12.2. The van der Waals surface area contributed by atoms with Crippen LogP contribution in [-0.2, 0) is 19.4 Å². The summed E-state index contributed by atoms with van der Waals surface area (Å²) >= 11 is 1.25. The molecule has 4 rings (SSSR count). The molecule has 0 spiro atoms. The number of thioether (sulfide) groups is 1. The smallest absolute Gasteiger partial charge is 0.303 e. The topological polar surface area (TPSA) is 113 Å². The van der Waals surface area contributed by atoms with Gasteiger partial charge >= 0.3 is 5.97 Å². The number of carboxylic acids is 1. The number of fused-ring (bicyclic) bond motifs is 1. The second-order valence-corrected chi connectivity index (χ2v) is 10.6. The van der Waals surface area contributed by atoms with E-state index in [0.717, 1.165) is 0 Å². The van der Waals surface area contributed by atoms with Crippen molar-refractivity contribution in [3.63, 3.8) is 0 Å². The molecule has 0 aromatic heterocycles. The van der Waals surface area contributed by atoms with Gasteiger partial charge in [0, 0.05) is 17.4 Å². The zero-order chi connectivity index (χ0) is 22.0. The summed E-state index contributed by atoms with van der Waals surface area (Å²) in [6.07, 6.45) is -0.502. The number of carboxylic acid groups (broad SMARTS) is 1. The van der Waals surface area contributed by atoms with Crippen molar-refractivity contribution in [1.29, 1.82) is 0 Å². The molecule has 31 heavy (non-hydrogen) atoms. The number of para-hydroxylation sites is 1. The average molecular weight is 461 g/mol. The second-order valence-electron chi connectivity index (χ2n) is 7.26. The molecule has 0 aliphatic carbocycles. The monoisotopic (exact) mass is 460 g/mol. The number of hydrogen-bond donors (Lipinski definition) is 1. The van der Waals surface area contributed by atoms with Crippen LogP contribution in [0.1, 0.15) is 12.8 Å². The second kappa shape index (κ2) is 8.72. The number of carbonyl (C=O) groups is 2. The number of aliphatic carboxylic acids is 1. The molecule has 2 atom stereocenters. The van der Waals surface area contributed by atoms with Gasteiger partial charge in [0.1, 0.15) is 11.5 Å². The number of rotatable bonds is 6. The SMILES string of the molecule is O=C(O)CCC(=O)N=C1S[C@@H]2CS(=O)(=O)C[C@H]2N1c1ccc(Oc2ccccc2)cc1. The first-order valence-corrected chi connectivity index (χ1v) is 12.3. The van der Waals surface area contributed by atoms with Crippen molar-refractivity contribution in [1.82, 2.24) is 0 Å². The summed E-state index contributed by atoms with van der Waals surface area (Å²) in [7, 11) is -3.17. The molecule has 0 saturated carbocycles. The van der Waals surface area contributed by atoms with Gasteiger partial charge in [-0.1, -0.05) is 30.0 Å². The summed E-state index contributed by atoms with van der Waals surface area (Å²) in [4.78, 5) is 28.8. The third kappa shape index (κ3) is 5.08. The Morgan fingerprint density at radius 1 is 1.03 bits per heavy atom. The van der Waals surface area contributed by atoms with E-state index in [2.05, 4.69) is 4.99 Å². The number of hydrogen-bond acceptors (Lipinski definition) is 6. The van der Waals surface area contributed by atoms with E-state index in [4.69, 9.17) is 9.84 Å². The molecule has 0 bridgehead atoms. The minimum absolute atomic E-state index is 0.0186. The summed E-state index contributed by atoms with van der Waals surface area (Å²) in [6, 6.07) is 16.1. The van der Waals surface area contributed by atoms with Gasteiger partial charge in [0.25, 0.3) is 0 Å². The fourth-order valence-corrected chi connectivity index (χ4v) is 7.47. The fourth-order valence-electron chi connectivity index (χ4n) is 3.54. The van der Waals surface area contributed by atoms with E-state index in [9.17, 15) is 18.0 Å². The van der Waals surface area contributed by atoms with E-state index in [1.807, 2.05) is 30.3 Å². The van der Waals surface area contributed by atoms with Crippen LogP contribution in [-0.4, -0.2) is 53.4 Å². The van der Waals surface area contributed by atoms with E-state index in [1.165, 1.54) is 11.8 Å². The summed E-state index contributed by atoms with van der Waals surface area (Å²) < 4.78 is 30.1. The molecule has 0 radical (unpaired) electrons. The highest BCUT2D eigenvalue weighted by molar-refractivity contribution is 8.16. The lowest BCUT2D eigenvalue weighted by atomic mass is 10.2. The minimum Gasteiger partial charge on any atom is -0.481 e. The van der Waals surface area contributed by atoms with E-state index in [-0.39, 0.29) is 35.6 Å². The first-order chi connectivity index (χ1) is 14.8. The molecule has 1 amide bonds. The lowest BCUT2D eigenvalue weighted by Crippen LogP contribution is -2.37. The number of ether oxygens (including phenoxy) is 1. The highest BCUT2D eigenvalue weighted by atomic mass is 32.2. The van der Waals surface area contributed by atoms with E-state index >= 15 is 0 Å². The van der Waals surface area contributed by atoms with Gasteiger partial charge in [-0.3, -0.25) is 9.59 Å². The summed E-state index contributed by atoms with van der Waals surface area (Å²) in [5, 5.41) is 8.95. The van der Waals surface area contributed by atoms with Crippen molar-refractivity contribution in [3.8, 4) is 11.5 Å². The third-order valence-corrected chi connectivity index (χ3v) is 8.14. The molecule has 2 heterocycles. The molecule has 2 aromatic rings. The van der Waals surface area contributed by atoms with Crippen LogP contribution in [0.4, 0.5) is 5.69 Å². The molecule has 2 aromatic carbocycles. The lowest BCUT2D eigenvalue weighted by Gasteiger charge is -2.24. The standard InChI is InChI=1S/C21H20N2O6S2/c24-19(10-11-20(25)26)22-21-23(17-12-31(27,28)13-18(17)30-21)14-6-8-16(9-7-14)29-15-4-2-1-3-5-15/h1-9,17-18H,10-13H2,(H,25,26)/t17-,18-/m1/s1. The zero-order valence-electron chi connectivity index (χ0n) is 16.4. The van der Waals surface area contributed by atoms with Gasteiger partial charge in [0.2, 0.25) is 5.91 Å². The van der Waals surface area contributed by atoms with Crippen molar-refractivity contribution in [2.24, 2.45) is 4.99 Å². The maximum Gasteiger partial charge on any atom is 0.303 e. The van der Waals surface area contributed by atoms with Crippen LogP contribution in [0.2, 0.25) is 0 Å². The third-order valence-electron chi connectivity index (χ3n) is 4.93. The number of nitrogens with zero attached hydrogens (tertiary/aromatic N) is 2. The highest BCUT2D eigenvalue weighted by Crippen LogP contribution is 2.41. The van der Waals surface area contributed by atoms with Crippen LogP contribution in [0, 0.1) is 0 Å². The molecular weight excluding hydrogens is 440 g/mol. The van der Waals surface area contributed by atoms with E-state index < -0.39 is 21.7 Å². The van der Waals surface area contributed by atoms with Gasteiger partial charge < -0.3 is 14.7 Å². The Labute approximate surface area is 183 Å². The van der Waals surface area contributed by atoms with Crippen LogP contribution in [0.5, 0.6) is 11.5 Å². The van der Waals surface area contributed by atoms with Crippen LogP contribution in [0.25, 0.3) is 0 Å². The van der Waals surface area contributed by atoms with Gasteiger partial charge in [-0.2, -0.15) is 4.99 Å². The number of benzene rings is 2. The minimum atomic E-state index is -3.17. The van der Waals surface area contributed by atoms with E-state index in [0.29, 0.717) is 22.4 Å². The fraction of sp³-hybridized carbons (Fsp3) is 0.286. The molecule has 8 nitrogen and oxygen atoms in total. The number of carbonyl (C=O) groups excluding carboxylic acids is 1. The Morgan fingerprint density at radius 2 is 1.71 bits per heavy atom. The van der Waals surface area contributed by atoms with E-state index in [1.54, 1.807) is 29.2 Å². The summed E-state index contributed by atoms with van der Waals surface area (Å²) in [6.45, 7) is 0. The van der Waals surface area contributed by atoms with Crippen molar-refractivity contribution in [2.75, 3.05) is 16.4 Å². The predicted octanol–water partition coefficient (Wildman–Crippen LogP) is 2.95. The number of sulfone groups is 1. The quantitative estimate of drug-likeness (QED) is 0.700. The van der Waals surface area contributed by atoms with Crippen molar-refractivity contribution in [3.05, 3.63) is 54.6 Å². The first kappa shape index (κ1) is 21.4. The highest BCUT2D eigenvalue weighted by Gasteiger charge is 2.49.